The number of ether oxygens (including phenoxy) is 1. The van der Waals surface area contributed by atoms with Gasteiger partial charge in [-0.15, -0.1) is 0 Å². The molecule has 2 N–H and O–H groups in total. The molecule has 4 rings (SSSR count). The van der Waals surface area contributed by atoms with E-state index in [-0.39, 0.29) is 5.75 Å². The minimum Gasteiger partial charge on any atom is -0.452 e. The molecule has 0 spiro atoms. The van der Waals surface area contributed by atoms with E-state index < -0.39 is 5.82 Å². The molecule has 1 aromatic carbocycles. The predicted octanol–water partition coefficient (Wildman–Crippen LogP) is 3.25. The Hall–Kier alpha value is -3.35. The van der Waals surface area contributed by atoms with Gasteiger partial charge in [-0.1, -0.05) is 0 Å². The number of nitrogens with two attached hydrogens (primary N) is 1. The number of anilines is 1. The van der Waals surface area contributed by atoms with Crippen LogP contribution in [-0.2, 0) is 7.05 Å². The quantitative estimate of drug-likeness (QED) is 0.588. The van der Waals surface area contributed by atoms with E-state index in [0.29, 0.717) is 11.4 Å². The predicted molar refractivity (Wildman–Crippen MR) is 88.3 cm³/mol. The van der Waals surface area contributed by atoms with Crippen molar-refractivity contribution < 1.29 is 9.13 Å². The number of benzene rings is 1. The maximum atomic E-state index is 14.0. The molecule has 0 unspecified atom stereocenters. The number of hydrogen-bond donors (Lipinski definition) is 1. The molecule has 0 fully saturated rings. The van der Waals surface area contributed by atoms with Gasteiger partial charge < -0.3 is 10.5 Å². The van der Waals surface area contributed by atoms with E-state index in [9.17, 15) is 4.39 Å². The topological polar surface area (TPSA) is 70.4 Å². The lowest BCUT2D eigenvalue weighted by molar-refractivity contribution is 0.445. The van der Waals surface area contributed by atoms with Gasteiger partial charge in [-0.05, 0) is 24.3 Å². The number of aryl methyl sites for hydroxylation is 1. The lowest BCUT2D eigenvalue weighted by atomic mass is 10.1. The summed E-state index contributed by atoms with van der Waals surface area (Å²) in [5, 5.41) is 8.42. The number of aromatic nitrogens is 4. The molecule has 4 aromatic rings. The molecule has 120 valence electrons. The largest absolute Gasteiger partial charge is 0.452 e. The molecular formula is C17H14FN5O. The molecule has 0 atom stereocenters. The molecule has 0 aliphatic heterocycles. The first-order chi connectivity index (χ1) is 11.6. The normalized spacial score (nSPS) is 11.1. The third kappa shape index (κ3) is 2.45. The molecule has 0 aliphatic carbocycles. The molecule has 24 heavy (non-hydrogen) atoms. The van der Waals surface area contributed by atoms with E-state index >= 15 is 0 Å². The van der Waals surface area contributed by atoms with Gasteiger partial charge in [0.15, 0.2) is 17.3 Å². The van der Waals surface area contributed by atoms with Crippen LogP contribution in [0.1, 0.15) is 0 Å². The summed E-state index contributed by atoms with van der Waals surface area (Å²) < 4.78 is 23.2. The van der Waals surface area contributed by atoms with Crippen molar-refractivity contribution in [3.8, 4) is 22.6 Å². The van der Waals surface area contributed by atoms with Gasteiger partial charge in [0.1, 0.15) is 5.52 Å². The van der Waals surface area contributed by atoms with Gasteiger partial charge in [-0.3, -0.25) is 4.68 Å². The molecule has 7 heteroatoms. The summed E-state index contributed by atoms with van der Waals surface area (Å²) in [6, 6.07) is 7.97. The van der Waals surface area contributed by atoms with Crippen molar-refractivity contribution in [1.29, 1.82) is 0 Å². The van der Waals surface area contributed by atoms with Crippen molar-refractivity contribution in [2.45, 2.75) is 0 Å². The fourth-order valence-corrected chi connectivity index (χ4v) is 2.52. The fourth-order valence-electron chi connectivity index (χ4n) is 2.52. The summed E-state index contributed by atoms with van der Waals surface area (Å²) >= 11 is 0. The van der Waals surface area contributed by atoms with Gasteiger partial charge in [0, 0.05) is 42.3 Å². The second kappa shape index (κ2) is 5.38. The Labute approximate surface area is 136 Å². The monoisotopic (exact) mass is 323 g/mol. The summed E-state index contributed by atoms with van der Waals surface area (Å²) in [7, 11) is 1.84. The van der Waals surface area contributed by atoms with Crippen molar-refractivity contribution in [1.82, 2.24) is 19.4 Å². The van der Waals surface area contributed by atoms with E-state index in [1.54, 1.807) is 33.7 Å². The molecule has 0 saturated carbocycles. The Kier molecular flexibility index (Phi) is 3.19. The highest BCUT2D eigenvalue weighted by Crippen LogP contribution is 2.32. The van der Waals surface area contributed by atoms with Crippen molar-refractivity contribution >= 4 is 11.2 Å². The van der Waals surface area contributed by atoms with Crippen LogP contribution >= 0.6 is 0 Å². The number of pyridine rings is 1. The summed E-state index contributed by atoms with van der Waals surface area (Å²) in [6.07, 6.45) is 7.17. The van der Waals surface area contributed by atoms with Crippen LogP contribution < -0.4 is 10.5 Å². The van der Waals surface area contributed by atoms with Crippen LogP contribution in [0.15, 0.2) is 55.1 Å². The number of nitrogen functional groups attached to an aromatic ring is 1. The Morgan fingerprint density at radius 1 is 1.04 bits per heavy atom. The van der Waals surface area contributed by atoms with Gasteiger partial charge >= 0.3 is 0 Å². The first kappa shape index (κ1) is 14.3. The fraction of sp³-hybridized carbons (Fsp3) is 0.0588. The number of nitrogens with zero attached hydrogens (tertiary/aromatic N) is 4. The molecule has 3 heterocycles. The maximum absolute atomic E-state index is 14.0. The standard InChI is InChI=1S/C17H14FN5O/c1-22-9-12(8-21-22)11-6-17(15-4-5-20-23(15)10-11)24-16-3-2-13(19)7-14(16)18/h2-10H,19H2,1H3. The average Bonchev–Trinajstić information content (AvgIpc) is 3.18. The Bertz CT molecular complexity index is 1040. The zero-order chi connectivity index (χ0) is 16.7. The molecular weight excluding hydrogens is 309 g/mol. The lowest BCUT2D eigenvalue weighted by Crippen LogP contribution is -1.95. The van der Waals surface area contributed by atoms with Crippen molar-refractivity contribution in [2.75, 3.05) is 5.73 Å². The summed E-state index contributed by atoms with van der Waals surface area (Å²) in [5.41, 5.74) is 8.44. The van der Waals surface area contributed by atoms with Crippen molar-refractivity contribution in [2.24, 2.45) is 7.05 Å². The minimum atomic E-state index is -0.514. The van der Waals surface area contributed by atoms with E-state index in [1.807, 2.05) is 25.5 Å². The summed E-state index contributed by atoms with van der Waals surface area (Å²) in [6.45, 7) is 0. The SMILES string of the molecule is Cn1cc(-c2cc(Oc3ccc(N)cc3F)c3ccnn3c2)cn1. The number of hydrogen-bond acceptors (Lipinski definition) is 4. The van der Waals surface area contributed by atoms with Crippen LogP contribution in [0.5, 0.6) is 11.5 Å². The number of rotatable bonds is 3. The van der Waals surface area contributed by atoms with E-state index in [4.69, 9.17) is 10.5 Å². The van der Waals surface area contributed by atoms with Gasteiger partial charge in [0.2, 0.25) is 0 Å². The second-order valence-electron chi connectivity index (χ2n) is 5.45. The first-order valence-corrected chi connectivity index (χ1v) is 7.29. The highest BCUT2D eigenvalue weighted by atomic mass is 19.1. The van der Waals surface area contributed by atoms with Crippen LogP contribution in [0, 0.1) is 5.82 Å². The maximum Gasteiger partial charge on any atom is 0.167 e. The van der Waals surface area contributed by atoms with Gasteiger partial charge in [-0.2, -0.15) is 10.2 Å². The average molecular weight is 323 g/mol. The zero-order valence-corrected chi connectivity index (χ0v) is 12.8. The molecule has 0 radical (unpaired) electrons. The molecule has 6 nitrogen and oxygen atoms in total. The van der Waals surface area contributed by atoms with Gasteiger partial charge in [0.25, 0.3) is 0 Å². The van der Waals surface area contributed by atoms with Crippen molar-refractivity contribution in [3.05, 3.63) is 60.9 Å². The van der Waals surface area contributed by atoms with Crippen LogP contribution in [-0.4, -0.2) is 19.4 Å². The number of halogens is 1. The lowest BCUT2D eigenvalue weighted by Gasteiger charge is -2.10. The first-order valence-electron chi connectivity index (χ1n) is 7.29. The minimum absolute atomic E-state index is 0.107. The highest BCUT2D eigenvalue weighted by Gasteiger charge is 2.12. The summed E-state index contributed by atoms with van der Waals surface area (Å²) in [4.78, 5) is 0. The molecule has 0 saturated heterocycles. The zero-order valence-electron chi connectivity index (χ0n) is 12.8. The van der Waals surface area contributed by atoms with Gasteiger partial charge in [0.05, 0.1) is 12.4 Å². The van der Waals surface area contributed by atoms with E-state index in [2.05, 4.69) is 10.2 Å². The van der Waals surface area contributed by atoms with Crippen LogP contribution in [0.4, 0.5) is 10.1 Å². The Balaban J connectivity index is 1.83. The van der Waals surface area contributed by atoms with Crippen LogP contribution in [0.25, 0.3) is 16.6 Å². The molecule has 0 amide bonds. The molecule has 3 aromatic heterocycles. The smallest absolute Gasteiger partial charge is 0.167 e. The second-order valence-corrected chi connectivity index (χ2v) is 5.45. The Morgan fingerprint density at radius 3 is 2.67 bits per heavy atom. The van der Waals surface area contributed by atoms with Gasteiger partial charge in [-0.25, -0.2) is 8.91 Å². The molecule has 0 bridgehead atoms. The van der Waals surface area contributed by atoms with E-state index in [1.165, 1.54) is 12.1 Å². The van der Waals surface area contributed by atoms with Crippen molar-refractivity contribution in [3.63, 3.8) is 0 Å². The van der Waals surface area contributed by atoms with E-state index in [0.717, 1.165) is 16.6 Å². The molecule has 0 aliphatic rings. The third-order valence-electron chi connectivity index (χ3n) is 3.68. The Morgan fingerprint density at radius 2 is 1.92 bits per heavy atom. The summed E-state index contributed by atoms with van der Waals surface area (Å²) in [5.74, 6) is 0.0904. The van der Waals surface area contributed by atoms with Crippen LogP contribution in [0.3, 0.4) is 0 Å². The number of fused-ring (bicyclic) bond motifs is 1. The third-order valence-corrected chi connectivity index (χ3v) is 3.68. The van der Waals surface area contributed by atoms with Crippen LogP contribution in [0.2, 0.25) is 0 Å². The highest BCUT2D eigenvalue weighted by molar-refractivity contribution is 5.70.